The number of fused-ring (bicyclic) bond motifs is 1. The number of rotatable bonds is 9. The summed E-state index contributed by atoms with van der Waals surface area (Å²) < 4.78 is 44.1. The van der Waals surface area contributed by atoms with Crippen molar-refractivity contribution in [1.29, 1.82) is 0 Å². The molecular formula is C30H29NO6S. The Balaban J connectivity index is 0.00000308. The molecule has 2 heterocycles. The van der Waals surface area contributed by atoms with Gasteiger partial charge in [-0.05, 0) is 84.0 Å². The number of hydrogen-bond acceptors (Lipinski definition) is 6. The van der Waals surface area contributed by atoms with Crippen molar-refractivity contribution in [2.45, 2.75) is 43.0 Å². The lowest BCUT2D eigenvalue weighted by Gasteiger charge is -2.16. The number of furan rings is 1. The van der Waals surface area contributed by atoms with Gasteiger partial charge >= 0.3 is 0 Å². The summed E-state index contributed by atoms with van der Waals surface area (Å²) in [6.45, 7) is 2.30. The Hall–Kier alpha value is -3.88. The molecule has 1 aliphatic carbocycles. The summed E-state index contributed by atoms with van der Waals surface area (Å²) in [5.74, 6) is 2.14. The topological polar surface area (TPSA) is 94.8 Å². The highest BCUT2D eigenvalue weighted by atomic mass is 32.2. The van der Waals surface area contributed by atoms with Gasteiger partial charge in [0, 0.05) is 7.85 Å². The highest BCUT2D eigenvalue weighted by Gasteiger charge is 2.50. The molecule has 0 bridgehead atoms. The fraction of sp³-hybridized carbons (Fsp3) is 0.233. The number of sulfonamides is 1. The summed E-state index contributed by atoms with van der Waals surface area (Å²) in [6.07, 6.45) is 3.48. The SMILES string of the molecule is Cc1ccc(CC(=O)C2(c3ccc4c(c3)OCO4)CC2)cc1-c1ccc(S(=O)(=O)NCc2ccco2)cc1.[HH]. The molecule has 196 valence electrons. The van der Waals surface area contributed by atoms with E-state index in [2.05, 4.69) is 4.72 Å². The number of carbonyl (C=O) groups is 1. The minimum absolute atomic E-state index is 0. The van der Waals surface area contributed by atoms with Crippen LogP contribution in [0.3, 0.4) is 0 Å². The summed E-state index contributed by atoms with van der Waals surface area (Å²) in [5.41, 5.74) is 4.35. The zero-order valence-corrected chi connectivity index (χ0v) is 21.7. The molecule has 0 amide bonds. The number of hydrogen-bond donors (Lipinski definition) is 1. The van der Waals surface area contributed by atoms with Crippen molar-refractivity contribution in [2.24, 2.45) is 0 Å². The van der Waals surface area contributed by atoms with Crippen LogP contribution in [0.1, 0.15) is 36.7 Å². The van der Waals surface area contributed by atoms with Gasteiger partial charge in [-0.25, -0.2) is 13.1 Å². The van der Waals surface area contributed by atoms with Crippen molar-refractivity contribution in [1.82, 2.24) is 4.72 Å². The Labute approximate surface area is 222 Å². The maximum Gasteiger partial charge on any atom is 0.240 e. The van der Waals surface area contributed by atoms with E-state index in [0.717, 1.165) is 40.7 Å². The number of ketones is 1. The maximum atomic E-state index is 13.5. The number of Topliss-reactive ketones (excluding diaryl/α,β-unsaturated/α-hetero) is 1. The van der Waals surface area contributed by atoms with Crippen LogP contribution in [0.4, 0.5) is 0 Å². The van der Waals surface area contributed by atoms with Crippen LogP contribution in [0.2, 0.25) is 0 Å². The maximum absolute atomic E-state index is 13.5. The van der Waals surface area contributed by atoms with Crippen LogP contribution < -0.4 is 14.2 Å². The molecule has 1 aromatic heterocycles. The lowest BCUT2D eigenvalue weighted by atomic mass is 9.87. The van der Waals surface area contributed by atoms with Gasteiger partial charge in [0.1, 0.15) is 11.5 Å². The first kappa shape index (κ1) is 24.5. The minimum atomic E-state index is -3.68. The highest BCUT2D eigenvalue weighted by Crippen LogP contribution is 2.51. The van der Waals surface area contributed by atoms with Crippen molar-refractivity contribution in [3.63, 3.8) is 0 Å². The van der Waals surface area contributed by atoms with Gasteiger partial charge in [-0.3, -0.25) is 4.79 Å². The zero-order chi connectivity index (χ0) is 26.3. The molecule has 0 atom stereocenters. The fourth-order valence-electron chi connectivity index (χ4n) is 4.97. The van der Waals surface area contributed by atoms with Crippen LogP contribution in [0.5, 0.6) is 11.5 Å². The van der Waals surface area contributed by atoms with Crippen molar-refractivity contribution in [3.8, 4) is 22.6 Å². The summed E-state index contributed by atoms with van der Waals surface area (Å²) in [6, 6.07) is 22.0. The highest BCUT2D eigenvalue weighted by molar-refractivity contribution is 7.89. The van der Waals surface area contributed by atoms with Gasteiger partial charge in [0.25, 0.3) is 0 Å². The Morgan fingerprint density at radius 2 is 1.76 bits per heavy atom. The molecule has 7 nitrogen and oxygen atoms in total. The molecule has 6 rings (SSSR count). The monoisotopic (exact) mass is 531 g/mol. The Bertz CT molecular complexity index is 1610. The summed E-state index contributed by atoms with van der Waals surface area (Å²) in [5, 5.41) is 0. The van der Waals surface area contributed by atoms with Crippen molar-refractivity contribution in [3.05, 3.63) is 102 Å². The molecule has 1 N–H and O–H groups in total. The fourth-order valence-corrected chi connectivity index (χ4v) is 5.96. The minimum Gasteiger partial charge on any atom is -0.468 e. The molecular weight excluding hydrogens is 502 g/mol. The van der Waals surface area contributed by atoms with Crippen molar-refractivity contribution >= 4 is 15.8 Å². The third-order valence-electron chi connectivity index (χ3n) is 7.37. The smallest absolute Gasteiger partial charge is 0.240 e. The second kappa shape index (κ2) is 9.45. The van der Waals surface area contributed by atoms with Gasteiger partial charge in [0.05, 0.1) is 23.1 Å². The predicted octanol–water partition coefficient (Wildman–Crippen LogP) is 5.55. The Morgan fingerprint density at radius 3 is 2.50 bits per heavy atom. The summed E-state index contributed by atoms with van der Waals surface area (Å²) in [7, 11) is -3.68. The third-order valence-corrected chi connectivity index (χ3v) is 8.78. The van der Waals surface area contributed by atoms with Gasteiger partial charge < -0.3 is 13.9 Å². The lowest BCUT2D eigenvalue weighted by Crippen LogP contribution is -2.23. The molecule has 0 unspecified atom stereocenters. The molecule has 8 heteroatoms. The van der Waals surface area contributed by atoms with Gasteiger partial charge in [0.2, 0.25) is 16.8 Å². The first-order valence-electron chi connectivity index (χ1n) is 12.5. The van der Waals surface area contributed by atoms with Crippen LogP contribution in [-0.2, 0) is 33.2 Å². The number of ether oxygens (including phenoxy) is 2. The first-order valence-corrected chi connectivity index (χ1v) is 14.0. The summed E-state index contributed by atoms with van der Waals surface area (Å²) >= 11 is 0. The average molecular weight is 532 g/mol. The quantitative estimate of drug-likeness (QED) is 0.304. The third kappa shape index (κ3) is 4.61. The van der Waals surface area contributed by atoms with Crippen LogP contribution in [0.15, 0.2) is 88.4 Å². The molecule has 3 aromatic carbocycles. The number of nitrogens with one attached hydrogen (secondary N) is 1. The molecule has 0 spiro atoms. The van der Waals surface area contributed by atoms with E-state index < -0.39 is 15.4 Å². The van der Waals surface area contributed by atoms with Crippen molar-refractivity contribution < 1.29 is 28.5 Å². The molecule has 1 aliphatic heterocycles. The van der Waals surface area contributed by atoms with Gasteiger partial charge in [0.15, 0.2) is 11.5 Å². The average Bonchev–Trinajstić information content (AvgIpc) is 3.32. The molecule has 1 saturated carbocycles. The van der Waals surface area contributed by atoms with Crippen LogP contribution >= 0.6 is 0 Å². The molecule has 2 aliphatic rings. The lowest BCUT2D eigenvalue weighted by molar-refractivity contribution is -0.120. The standard InChI is InChI=1S/C30H27NO6S.H2/c1-20-4-5-21(16-29(32)30(12-13-30)23-8-11-27-28(17-23)37-19-36-27)15-26(20)22-6-9-25(10-7-22)38(33,34)31-18-24-3-2-14-35-24;/h2-11,14-15,17,31H,12-13,16,18-19H2,1H3;1H. The molecule has 0 radical (unpaired) electrons. The Morgan fingerprint density at radius 1 is 0.974 bits per heavy atom. The zero-order valence-electron chi connectivity index (χ0n) is 20.9. The molecule has 38 heavy (non-hydrogen) atoms. The van der Waals surface area contributed by atoms with Crippen LogP contribution in [0.25, 0.3) is 11.1 Å². The van der Waals surface area contributed by atoms with E-state index in [-0.39, 0.29) is 25.4 Å². The van der Waals surface area contributed by atoms with E-state index in [1.54, 1.807) is 36.4 Å². The van der Waals surface area contributed by atoms with E-state index >= 15 is 0 Å². The summed E-state index contributed by atoms with van der Waals surface area (Å²) in [4.78, 5) is 13.7. The van der Waals surface area contributed by atoms with Gasteiger partial charge in [-0.1, -0.05) is 36.4 Å². The predicted molar refractivity (Wildman–Crippen MR) is 144 cm³/mol. The second-order valence-electron chi connectivity index (χ2n) is 9.83. The second-order valence-corrected chi connectivity index (χ2v) is 11.6. The molecule has 4 aromatic rings. The van der Waals surface area contributed by atoms with Crippen LogP contribution in [0, 0.1) is 6.92 Å². The van der Waals surface area contributed by atoms with E-state index in [0.29, 0.717) is 23.7 Å². The number of aryl methyl sites for hydroxylation is 1. The van der Waals surface area contributed by atoms with E-state index in [4.69, 9.17) is 13.9 Å². The Kier molecular flexibility index (Phi) is 6.08. The first-order chi connectivity index (χ1) is 18.3. The van der Waals surface area contributed by atoms with E-state index in [1.807, 2.05) is 43.3 Å². The molecule has 0 saturated heterocycles. The van der Waals surface area contributed by atoms with E-state index in [1.165, 1.54) is 6.26 Å². The van der Waals surface area contributed by atoms with Gasteiger partial charge in [-0.15, -0.1) is 0 Å². The molecule has 1 fully saturated rings. The van der Waals surface area contributed by atoms with Crippen molar-refractivity contribution in [2.75, 3.05) is 6.79 Å². The van der Waals surface area contributed by atoms with E-state index in [9.17, 15) is 13.2 Å². The largest absolute Gasteiger partial charge is 0.468 e. The number of benzene rings is 3. The normalized spacial score (nSPS) is 15.4. The van der Waals surface area contributed by atoms with Crippen LogP contribution in [-0.4, -0.2) is 21.0 Å². The van der Waals surface area contributed by atoms with Gasteiger partial charge in [-0.2, -0.15) is 0 Å². The number of carbonyl (C=O) groups excluding carboxylic acids is 1.